The topological polar surface area (TPSA) is 120 Å². The van der Waals surface area contributed by atoms with Crippen LogP contribution < -0.4 is 15.5 Å². The predicted molar refractivity (Wildman–Crippen MR) is 157 cm³/mol. The Morgan fingerprint density at radius 2 is 1.76 bits per heavy atom. The number of carbonyl (C=O) groups is 3. The van der Waals surface area contributed by atoms with Crippen LogP contribution in [0.25, 0.3) is 0 Å². The van der Waals surface area contributed by atoms with E-state index in [4.69, 9.17) is 32.7 Å². The van der Waals surface area contributed by atoms with Crippen molar-refractivity contribution < 1.29 is 29.1 Å². The number of thioether (sulfide) groups is 1. The van der Waals surface area contributed by atoms with E-state index in [2.05, 4.69) is 10.2 Å². The molecule has 0 radical (unpaired) electrons. The van der Waals surface area contributed by atoms with Gasteiger partial charge >= 0.3 is 6.09 Å². The quantitative estimate of drug-likeness (QED) is 0.252. The smallest absolute Gasteiger partial charge is 0.411 e. The molecule has 2 fully saturated rings. The van der Waals surface area contributed by atoms with Gasteiger partial charge in [0.2, 0.25) is 5.91 Å². The normalized spacial score (nSPS) is 18.0. The number of hydrogen-bond acceptors (Lipinski definition) is 8. The molecule has 0 spiro atoms. The Hall–Kier alpha value is -2.70. The van der Waals surface area contributed by atoms with Crippen LogP contribution in [0.2, 0.25) is 10.0 Å². The second kappa shape index (κ2) is 15.5. The fourth-order valence-corrected chi connectivity index (χ4v) is 6.35. The fourth-order valence-electron chi connectivity index (χ4n) is 4.71. The van der Waals surface area contributed by atoms with Gasteiger partial charge in [0.15, 0.2) is 0 Å². The summed E-state index contributed by atoms with van der Waals surface area (Å²) in [5.74, 6) is -0.00347. The summed E-state index contributed by atoms with van der Waals surface area (Å²) < 4.78 is 11.3. The highest BCUT2D eigenvalue weighted by molar-refractivity contribution is 7.99. The van der Waals surface area contributed by atoms with Gasteiger partial charge in [0.05, 0.1) is 5.88 Å². The molecule has 0 unspecified atom stereocenters. The van der Waals surface area contributed by atoms with Crippen LogP contribution in [0.4, 0.5) is 4.79 Å². The third kappa shape index (κ3) is 8.89. The van der Waals surface area contributed by atoms with Crippen LogP contribution in [0.3, 0.4) is 0 Å². The van der Waals surface area contributed by atoms with Crippen LogP contribution in [0, 0.1) is 0 Å². The summed E-state index contributed by atoms with van der Waals surface area (Å²) >= 11 is 13.8. The van der Waals surface area contributed by atoms with Crippen LogP contribution in [-0.4, -0.2) is 82.9 Å². The lowest BCUT2D eigenvalue weighted by atomic mass is 10.0. The van der Waals surface area contributed by atoms with Crippen molar-refractivity contribution in [3.8, 4) is 5.75 Å². The van der Waals surface area contributed by atoms with Crippen LogP contribution >= 0.6 is 35.0 Å². The molecule has 41 heavy (non-hydrogen) atoms. The molecule has 2 saturated heterocycles. The monoisotopic (exact) mass is 624 g/mol. The van der Waals surface area contributed by atoms with E-state index in [-0.39, 0.29) is 19.6 Å². The Kier molecular flexibility index (Phi) is 11.8. The first-order valence-electron chi connectivity index (χ1n) is 13.5. The van der Waals surface area contributed by atoms with E-state index < -0.39 is 30.0 Å². The SMILES string of the molecule is O=C(NO)[C@H](Cc1ccc(OCc2c(Cl)cccc2Cl)cc1)NC(=O)[C@H]1CSCN1C(=O)OCCN1CCCCC1. The number of halogens is 2. The number of likely N-dealkylation sites (tertiary alicyclic amines) is 1. The van der Waals surface area contributed by atoms with Crippen molar-refractivity contribution in [2.24, 2.45) is 0 Å². The van der Waals surface area contributed by atoms with E-state index in [1.807, 2.05) is 0 Å². The Labute approximate surface area is 253 Å². The first kappa shape index (κ1) is 31.2. The Morgan fingerprint density at radius 1 is 1.05 bits per heavy atom. The second-order valence-electron chi connectivity index (χ2n) is 9.88. The molecular weight excluding hydrogens is 591 g/mol. The summed E-state index contributed by atoms with van der Waals surface area (Å²) in [6.45, 7) is 3.11. The number of hydroxylamine groups is 1. The van der Waals surface area contributed by atoms with Crippen molar-refractivity contribution in [2.45, 2.75) is 44.4 Å². The second-order valence-corrected chi connectivity index (χ2v) is 11.7. The summed E-state index contributed by atoms with van der Waals surface area (Å²) in [6.07, 6.45) is 3.09. The number of nitrogens with zero attached hydrogens (tertiary/aromatic N) is 2. The molecule has 0 aliphatic carbocycles. The molecule has 3 N–H and O–H groups in total. The average molecular weight is 626 g/mol. The van der Waals surface area contributed by atoms with Crippen LogP contribution in [0.5, 0.6) is 5.75 Å². The standard InChI is InChI=1S/C28H34Cl2N4O6S/c29-22-5-4-6-23(30)21(22)16-40-20-9-7-19(8-10-20)15-24(26(35)32-38)31-27(36)25-17-41-18-34(25)28(37)39-14-13-33-11-2-1-3-12-33/h4-10,24-25,38H,1-3,11-18H2,(H,31,36)(H,32,35)/t24-,25+/m0/s1. The largest absolute Gasteiger partial charge is 0.489 e. The molecule has 10 nitrogen and oxygen atoms in total. The molecule has 0 bridgehead atoms. The van der Waals surface area contributed by atoms with E-state index in [1.54, 1.807) is 47.9 Å². The zero-order chi connectivity index (χ0) is 29.2. The summed E-state index contributed by atoms with van der Waals surface area (Å²) in [7, 11) is 0. The molecular formula is C28H34Cl2N4O6S. The van der Waals surface area contributed by atoms with E-state index in [0.717, 1.165) is 31.5 Å². The molecule has 2 aromatic rings. The molecule has 0 saturated carbocycles. The molecule has 4 rings (SSSR count). The molecule has 0 aromatic heterocycles. The number of benzene rings is 2. The third-order valence-corrected chi connectivity index (χ3v) is 8.77. The van der Waals surface area contributed by atoms with Crippen molar-refractivity contribution in [1.29, 1.82) is 0 Å². The molecule has 2 aliphatic heterocycles. The molecule has 2 aliphatic rings. The van der Waals surface area contributed by atoms with E-state index in [9.17, 15) is 19.6 Å². The number of piperidine rings is 1. The summed E-state index contributed by atoms with van der Waals surface area (Å²) in [5.41, 5.74) is 3.01. The minimum absolute atomic E-state index is 0.106. The van der Waals surface area contributed by atoms with Crippen molar-refractivity contribution in [3.05, 3.63) is 63.6 Å². The van der Waals surface area contributed by atoms with Crippen molar-refractivity contribution >= 4 is 52.9 Å². The highest BCUT2D eigenvalue weighted by atomic mass is 35.5. The van der Waals surface area contributed by atoms with Gasteiger partial charge in [-0.2, -0.15) is 0 Å². The molecule has 13 heteroatoms. The number of carbonyl (C=O) groups excluding carboxylic acids is 3. The third-order valence-electron chi connectivity index (χ3n) is 7.05. The molecule has 222 valence electrons. The minimum Gasteiger partial charge on any atom is -0.489 e. The van der Waals surface area contributed by atoms with Gasteiger partial charge in [0, 0.05) is 34.3 Å². The average Bonchev–Trinajstić information content (AvgIpc) is 3.48. The van der Waals surface area contributed by atoms with Gasteiger partial charge in [-0.25, -0.2) is 10.3 Å². The number of hydrogen-bond donors (Lipinski definition) is 3. The molecule has 2 heterocycles. The number of rotatable bonds is 11. The first-order valence-corrected chi connectivity index (χ1v) is 15.4. The number of ether oxygens (including phenoxy) is 2. The van der Waals surface area contributed by atoms with Gasteiger partial charge in [-0.1, -0.05) is 47.8 Å². The Balaban J connectivity index is 1.30. The van der Waals surface area contributed by atoms with Crippen molar-refractivity contribution in [1.82, 2.24) is 20.6 Å². The highest BCUT2D eigenvalue weighted by Crippen LogP contribution is 2.26. The maximum Gasteiger partial charge on any atom is 0.411 e. The minimum atomic E-state index is -1.07. The number of amides is 3. The lowest BCUT2D eigenvalue weighted by Crippen LogP contribution is -2.54. The first-order chi connectivity index (χ1) is 19.9. The maximum absolute atomic E-state index is 13.1. The molecule has 3 amide bonds. The van der Waals surface area contributed by atoms with Gasteiger partial charge < -0.3 is 14.8 Å². The summed E-state index contributed by atoms with van der Waals surface area (Å²) in [5, 5.41) is 13.0. The van der Waals surface area contributed by atoms with Gasteiger partial charge in [-0.3, -0.25) is 24.6 Å². The Bertz CT molecular complexity index is 1180. The summed E-state index contributed by atoms with van der Waals surface area (Å²) in [6, 6.07) is 10.3. The lowest BCUT2D eigenvalue weighted by molar-refractivity contribution is -0.135. The van der Waals surface area contributed by atoms with Gasteiger partial charge in [0.25, 0.3) is 5.91 Å². The van der Waals surface area contributed by atoms with E-state index in [0.29, 0.717) is 39.5 Å². The summed E-state index contributed by atoms with van der Waals surface area (Å²) in [4.78, 5) is 41.9. The van der Waals surface area contributed by atoms with Gasteiger partial charge in [-0.05, 0) is 55.8 Å². The molecule has 2 aromatic carbocycles. The van der Waals surface area contributed by atoms with Crippen LogP contribution in [-0.2, 0) is 27.4 Å². The van der Waals surface area contributed by atoms with Gasteiger partial charge in [-0.15, -0.1) is 11.8 Å². The van der Waals surface area contributed by atoms with Gasteiger partial charge in [0.1, 0.15) is 31.0 Å². The fraction of sp³-hybridized carbons (Fsp3) is 0.464. The van der Waals surface area contributed by atoms with E-state index >= 15 is 0 Å². The van der Waals surface area contributed by atoms with Crippen molar-refractivity contribution in [3.63, 3.8) is 0 Å². The maximum atomic E-state index is 13.1. The number of nitrogens with one attached hydrogen (secondary N) is 2. The van der Waals surface area contributed by atoms with Crippen LogP contribution in [0.1, 0.15) is 30.4 Å². The Morgan fingerprint density at radius 3 is 2.44 bits per heavy atom. The highest BCUT2D eigenvalue weighted by Gasteiger charge is 2.37. The van der Waals surface area contributed by atoms with Crippen LogP contribution in [0.15, 0.2) is 42.5 Å². The zero-order valence-electron chi connectivity index (χ0n) is 22.5. The lowest BCUT2D eigenvalue weighted by Gasteiger charge is -2.27. The predicted octanol–water partition coefficient (Wildman–Crippen LogP) is 4.10. The van der Waals surface area contributed by atoms with E-state index in [1.165, 1.54) is 23.1 Å². The zero-order valence-corrected chi connectivity index (χ0v) is 24.8. The van der Waals surface area contributed by atoms with Crippen molar-refractivity contribution in [2.75, 3.05) is 37.9 Å². The molecule has 2 atom stereocenters.